The maximum absolute atomic E-state index is 12.8. The minimum atomic E-state index is 0.420. The highest BCUT2D eigenvalue weighted by atomic mass is 16.2. The van der Waals surface area contributed by atoms with Gasteiger partial charge < -0.3 is 9.47 Å². The summed E-state index contributed by atoms with van der Waals surface area (Å²) in [6.07, 6.45) is 15.7. The Bertz CT molecular complexity index is 613. The van der Waals surface area contributed by atoms with Gasteiger partial charge in [-0.2, -0.15) is 0 Å². The third kappa shape index (κ3) is 3.99. The van der Waals surface area contributed by atoms with Gasteiger partial charge in [0.05, 0.1) is 0 Å². The SMILES string of the molecule is Cc1cnc(C2CCC2)n1CC1CCCN(C(=O)CC2CCCCC2)C1. The number of aromatic nitrogens is 2. The fourth-order valence-electron chi connectivity index (χ4n) is 5.18. The second-order valence-electron chi connectivity index (χ2n) is 9.05. The number of hydrogen-bond donors (Lipinski definition) is 0. The summed E-state index contributed by atoms with van der Waals surface area (Å²) < 4.78 is 2.46. The van der Waals surface area contributed by atoms with E-state index in [-0.39, 0.29) is 0 Å². The Balaban J connectivity index is 1.35. The fraction of sp³-hybridized carbons (Fsp3) is 0.818. The van der Waals surface area contributed by atoms with E-state index in [0.29, 0.717) is 23.7 Å². The highest BCUT2D eigenvalue weighted by Gasteiger charge is 2.29. The second kappa shape index (κ2) is 8.14. The Hall–Kier alpha value is -1.32. The summed E-state index contributed by atoms with van der Waals surface area (Å²) >= 11 is 0. The summed E-state index contributed by atoms with van der Waals surface area (Å²) in [5.41, 5.74) is 1.29. The Kier molecular flexibility index (Phi) is 5.66. The lowest BCUT2D eigenvalue weighted by molar-refractivity contribution is -0.134. The molecule has 0 spiro atoms. The number of imidazole rings is 1. The molecule has 1 saturated heterocycles. The molecule has 4 nitrogen and oxygen atoms in total. The molecule has 1 aliphatic heterocycles. The van der Waals surface area contributed by atoms with Gasteiger partial charge in [0.15, 0.2) is 0 Å². The monoisotopic (exact) mass is 357 g/mol. The lowest BCUT2D eigenvalue weighted by Gasteiger charge is -2.35. The van der Waals surface area contributed by atoms with Gasteiger partial charge in [0, 0.05) is 43.9 Å². The number of amides is 1. The molecule has 0 aromatic carbocycles. The third-order valence-electron chi connectivity index (χ3n) is 7.06. The van der Waals surface area contributed by atoms with Crippen LogP contribution in [0, 0.1) is 18.8 Å². The van der Waals surface area contributed by atoms with Crippen LogP contribution in [0.3, 0.4) is 0 Å². The van der Waals surface area contributed by atoms with Crippen molar-refractivity contribution >= 4 is 5.91 Å². The van der Waals surface area contributed by atoms with Crippen molar-refractivity contribution in [1.82, 2.24) is 14.5 Å². The average molecular weight is 358 g/mol. The van der Waals surface area contributed by atoms with Crippen LogP contribution in [0.1, 0.15) is 88.1 Å². The molecule has 4 rings (SSSR count). The van der Waals surface area contributed by atoms with Crippen LogP contribution >= 0.6 is 0 Å². The van der Waals surface area contributed by atoms with Crippen LogP contribution in [0.25, 0.3) is 0 Å². The third-order valence-corrected chi connectivity index (χ3v) is 7.06. The Labute approximate surface area is 158 Å². The van der Waals surface area contributed by atoms with E-state index in [9.17, 15) is 4.79 Å². The van der Waals surface area contributed by atoms with Gasteiger partial charge in [-0.05, 0) is 57.3 Å². The normalized spacial score (nSPS) is 25.3. The van der Waals surface area contributed by atoms with Gasteiger partial charge in [-0.1, -0.05) is 25.7 Å². The van der Waals surface area contributed by atoms with E-state index in [4.69, 9.17) is 4.98 Å². The molecule has 2 saturated carbocycles. The highest BCUT2D eigenvalue weighted by molar-refractivity contribution is 5.76. The number of nitrogens with zero attached hydrogens (tertiary/aromatic N) is 3. The van der Waals surface area contributed by atoms with Crippen LogP contribution in [0.15, 0.2) is 6.20 Å². The number of likely N-dealkylation sites (tertiary alicyclic amines) is 1. The average Bonchev–Trinajstić information content (AvgIpc) is 2.95. The van der Waals surface area contributed by atoms with E-state index >= 15 is 0 Å². The summed E-state index contributed by atoms with van der Waals surface area (Å²) in [6.45, 7) is 5.16. The zero-order valence-corrected chi connectivity index (χ0v) is 16.5. The van der Waals surface area contributed by atoms with Crippen LogP contribution in [0.4, 0.5) is 0 Å². The lowest BCUT2D eigenvalue weighted by Crippen LogP contribution is -2.42. The minimum Gasteiger partial charge on any atom is -0.342 e. The molecule has 0 bridgehead atoms. The fourth-order valence-corrected chi connectivity index (χ4v) is 5.18. The Morgan fingerprint density at radius 2 is 1.81 bits per heavy atom. The smallest absolute Gasteiger partial charge is 0.222 e. The second-order valence-corrected chi connectivity index (χ2v) is 9.05. The lowest BCUT2D eigenvalue weighted by atomic mass is 9.84. The van der Waals surface area contributed by atoms with Gasteiger partial charge in [-0.25, -0.2) is 4.98 Å². The molecule has 1 aromatic rings. The molecule has 2 heterocycles. The van der Waals surface area contributed by atoms with Crippen LogP contribution < -0.4 is 0 Å². The summed E-state index contributed by atoms with van der Waals surface area (Å²) in [6, 6.07) is 0. The van der Waals surface area contributed by atoms with Gasteiger partial charge in [-0.3, -0.25) is 4.79 Å². The number of carbonyl (C=O) groups is 1. The molecule has 3 aliphatic rings. The van der Waals surface area contributed by atoms with Crippen molar-refractivity contribution in [1.29, 1.82) is 0 Å². The van der Waals surface area contributed by atoms with E-state index in [1.54, 1.807) is 0 Å². The van der Waals surface area contributed by atoms with Crippen LogP contribution in [-0.4, -0.2) is 33.4 Å². The number of aryl methyl sites for hydroxylation is 1. The topological polar surface area (TPSA) is 38.1 Å². The van der Waals surface area contributed by atoms with Gasteiger partial charge >= 0.3 is 0 Å². The van der Waals surface area contributed by atoms with Crippen molar-refractivity contribution in [3.8, 4) is 0 Å². The highest BCUT2D eigenvalue weighted by Crippen LogP contribution is 2.36. The first-order valence-electron chi connectivity index (χ1n) is 11.0. The van der Waals surface area contributed by atoms with Crippen molar-refractivity contribution in [2.75, 3.05) is 13.1 Å². The first kappa shape index (κ1) is 18.1. The molecular formula is C22H35N3O. The zero-order valence-electron chi connectivity index (χ0n) is 16.5. The summed E-state index contributed by atoms with van der Waals surface area (Å²) in [4.78, 5) is 19.7. The molecule has 1 unspecified atom stereocenters. The maximum atomic E-state index is 12.8. The van der Waals surface area contributed by atoms with E-state index in [0.717, 1.165) is 32.5 Å². The van der Waals surface area contributed by atoms with Gasteiger partial charge in [0.2, 0.25) is 5.91 Å². The van der Waals surface area contributed by atoms with E-state index in [1.165, 1.54) is 69.3 Å². The minimum absolute atomic E-state index is 0.420. The number of rotatable bonds is 5. The molecule has 2 aliphatic carbocycles. The summed E-state index contributed by atoms with van der Waals surface area (Å²) in [5, 5.41) is 0. The molecule has 1 atom stereocenters. The van der Waals surface area contributed by atoms with Gasteiger partial charge in [-0.15, -0.1) is 0 Å². The molecule has 4 heteroatoms. The molecule has 0 radical (unpaired) electrons. The van der Waals surface area contributed by atoms with E-state index < -0.39 is 0 Å². The summed E-state index contributed by atoms with van der Waals surface area (Å²) in [5.74, 6) is 3.64. The molecule has 1 amide bonds. The Morgan fingerprint density at radius 1 is 1.04 bits per heavy atom. The quantitative estimate of drug-likeness (QED) is 0.768. The van der Waals surface area contributed by atoms with Gasteiger partial charge in [0.25, 0.3) is 0 Å². The molecule has 26 heavy (non-hydrogen) atoms. The van der Waals surface area contributed by atoms with Crippen molar-refractivity contribution < 1.29 is 4.79 Å². The first-order chi connectivity index (χ1) is 12.7. The molecular weight excluding hydrogens is 322 g/mol. The number of carbonyl (C=O) groups excluding carboxylic acids is 1. The van der Waals surface area contributed by atoms with Crippen LogP contribution in [0.2, 0.25) is 0 Å². The summed E-state index contributed by atoms with van der Waals surface area (Å²) in [7, 11) is 0. The molecule has 144 valence electrons. The largest absolute Gasteiger partial charge is 0.342 e. The molecule has 3 fully saturated rings. The van der Waals surface area contributed by atoms with Crippen molar-refractivity contribution in [2.24, 2.45) is 11.8 Å². The molecule has 0 N–H and O–H groups in total. The maximum Gasteiger partial charge on any atom is 0.222 e. The first-order valence-corrected chi connectivity index (χ1v) is 11.0. The van der Waals surface area contributed by atoms with E-state index in [1.807, 2.05) is 6.20 Å². The van der Waals surface area contributed by atoms with Crippen molar-refractivity contribution in [3.05, 3.63) is 17.7 Å². The Morgan fingerprint density at radius 3 is 2.54 bits per heavy atom. The zero-order chi connectivity index (χ0) is 17.9. The predicted octanol–water partition coefficient (Wildman–Crippen LogP) is 4.67. The van der Waals surface area contributed by atoms with Gasteiger partial charge in [0.1, 0.15) is 5.82 Å². The van der Waals surface area contributed by atoms with Crippen molar-refractivity contribution in [2.45, 2.75) is 90.0 Å². The number of piperidine rings is 1. The number of hydrogen-bond acceptors (Lipinski definition) is 2. The van der Waals surface area contributed by atoms with Crippen LogP contribution in [-0.2, 0) is 11.3 Å². The van der Waals surface area contributed by atoms with Crippen LogP contribution in [0.5, 0.6) is 0 Å². The van der Waals surface area contributed by atoms with E-state index in [2.05, 4.69) is 16.4 Å². The predicted molar refractivity (Wildman–Crippen MR) is 104 cm³/mol. The molecule has 1 aromatic heterocycles. The standard InChI is InChI=1S/C22H35N3O/c1-17-14-23-22(20-10-5-11-20)25(17)16-19-9-6-12-24(15-19)21(26)13-18-7-3-2-4-8-18/h14,18-20H,2-13,15-16H2,1H3. The van der Waals surface area contributed by atoms with Crippen molar-refractivity contribution in [3.63, 3.8) is 0 Å².